The number of rotatable bonds is 11. The lowest BCUT2D eigenvalue weighted by atomic mass is 10.0. The van der Waals surface area contributed by atoms with E-state index in [-0.39, 0.29) is 35.9 Å². The molecule has 0 radical (unpaired) electrons. The van der Waals surface area contributed by atoms with E-state index >= 15 is 0 Å². The fourth-order valence-electron chi connectivity index (χ4n) is 8.25. The second kappa shape index (κ2) is 16.3. The number of benzene rings is 2. The molecule has 290 valence electrons. The number of likely N-dealkylation sites (tertiary alicyclic amines) is 2. The van der Waals surface area contributed by atoms with Gasteiger partial charge in [-0.2, -0.15) is 0 Å². The first-order chi connectivity index (χ1) is 26.6. The van der Waals surface area contributed by atoms with Crippen LogP contribution in [0.4, 0.5) is 9.59 Å². The molecule has 4 amide bonds. The van der Waals surface area contributed by atoms with Crippen LogP contribution in [0, 0.1) is 5.92 Å². The number of hydrogen-bond acceptors (Lipinski definition) is 8. The minimum atomic E-state index is -1.04. The zero-order chi connectivity index (χ0) is 38.6. The van der Waals surface area contributed by atoms with Crippen molar-refractivity contribution in [3.05, 3.63) is 72.6 Å². The molecule has 7 rings (SSSR count). The van der Waals surface area contributed by atoms with Gasteiger partial charge >= 0.3 is 12.2 Å². The minimum Gasteiger partial charge on any atom is -0.465 e. The molecule has 1 aliphatic carbocycles. The highest BCUT2D eigenvalue weighted by Gasteiger charge is 2.40. The fraction of sp³-hybridized carbons (Fsp3) is 0.450. The number of carbonyl (C=O) groups excluding carboxylic acids is 3. The van der Waals surface area contributed by atoms with E-state index in [0.29, 0.717) is 38.2 Å². The maximum Gasteiger partial charge on any atom is 0.407 e. The normalized spacial score (nSPS) is 22.0. The van der Waals surface area contributed by atoms with Crippen LogP contribution in [0.3, 0.4) is 0 Å². The first-order valence-electron chi connectivity index (χ1n) is 18.9. The van der Waals surface area contributed by atoms with Gasteiger partial charge in [-0.1, -0.05) is 48.5 Å². The van der Waals surface area contributed by atoms with E-state index in [1.165, 1.54) is 14.2 Å². The Morgan fingerprint density at radius 2 is 1.31 bits per heavy atom. The number of methoxy groups -OCH3 is 2. The highest BCUT2D eigenvalue weighted by atomic mass is 16.5. The van der Waals surface area contributed by atoms with E-state index in [0.717, 1.165) is 65.1 Å². The summed E-state index contributed by atoms with van der Waals surface area (Å²) in [6.45, 7) is 2.95. The van der Waals surface area contributed by atoms with Crippen molar-refractivity contribution in [3.63, 3.8) is 0 Å². The van der Waals surface area contributed by atoms with Gasteiger partial charge in [0.25, 0.3) is 0 Å². The molecule has 0 bridgehead atoms. The second-order valence-corrected chi connectivity index (χ2v) is 14.6. The zero-order valence-electron chi connectivity index (χ0n) is 31.3. The lowest BCUT2D eigenvalue weighted by Gasteiger charge is -2.30. The van der Waals surface area contributed by atoms with Crippen molar-refractivity contribution < 1.29 is 33.8 Å². The van der Waals surface area contributed by atoms with Crippen molar-refractivity contribution in [1.29, 1.82) is 0 Å². The maximum absolute atomic E-state index is 13.6. The SMILES string of the molecule is COC(=O)N[C@H](C(=O)N1CCC[C@H]1c1ncc(-c2ccc(-c3ccc(-c4cnc([C@@H]5CCCN5C(=O)[C@H]5CC[C@@H](NC(=O)O)C5)[nH]4)cc3)cc2)[nH]1)C(C)OC. The molecule has 5 N–H and O–H groups in total. The van der Waals surface area contributed by atoms with Crippen LogP contribution in [0.15, 0.2) is 60.9 Å². The van der Waals surface area contributed by atoms with Gasteiger partial charge in [-0.15, -0.1) is 0 Å². The summed E-state index contributed by atoms with van der Waals surface area (Å²) in [5.74, 6) is 1.13. The maximum atomic E-state index is 13.6. The average molecular weight is 753 g/mol. The van der Waals surface area contributed by atoms with Gasteiger partial charge in [0.15, 0.2) is 0 Å². The number of H-pyrrole nitrogens is 2. The highest BCUT2D eigenvalue weighted by molar-refractivity contribution is 5.87. The van der Waals surface area contributed by atoms with E-state index in [4.69, 9.17) is 14.6 Å². The third kappa shape index (κ3) is 8.07. The molecule has 1 unspecified atom stereocenters. The summed E-state index contributed by atoms with van der Waals surface area (Å²) in [6.07, 6.45) is 6.51. The van der Waals surface area contributed by atoms with Crippen molar-refractivity contribution in [2.45, 2.75) is 82.1 Å². The van der Waals surface area contributed by atoms with Crippen molar-refractivity contribution in [3.8, 4) is 33.6 Å². The minimum absolute atomic E-state index is 0.0865. The molecule has 15 nitrogen and oxygen atoms in total. The van der Waals surface area contributed by atoms with E-state index in [1.54, 1.807) is 18.0 Å². The summed E-state index contributed by atoms with van der Waals surface area (Å²) in [7, 11) is 2.75. The van der Waals surface area contributed by atoms with E-state index in [1.807, 2.05) is 23.2 Å². The van der Waals surface area contributed by atoms with Crippen LogP contribution in [-0.4, -0.2) is 104 Å². The number of aromatic nitrogens is 4. The molecular formula is C40H48N8O7. The fourth-order valence-corrected chi connectivity index (χ4v) is 8.25. The second-order valence-electron chi connectivity index (χ2n) is 14.6. The first-order valence-corrected chi connectivity index (χ1v) is 18.9. The predicted molar refractivity (Wildman–Crippen MR) is 203 cm³/mol. The van der Waals surface area contributed by atoms with Gasteiger partial charge in [-0.3, -0.25) is 9.59 Å². The molecule has 2 aliphatic heterocycles. The molecule has 0 spiro atoms. The highest BCUT2D eigenvalue weighted by Crippen LogP contribution is 2.37. The van der Waals surface area contributed by atoms with Crippen molar-refractivity contribution in [2.24, 2.45) is 5.92 Å². The molecule has 2 saturated heterocycles. The number of hydrogen-bond donors (Lipinski definition) is 5. The molecule has 2 aromatic heterocycles. The molecule has 3 fully saturated rings. The molecule has 15 heteroatoms. The summed E-state index contributed by atoms with van der Waals surface area (Å²) >= 11 is 0. The molecular weight excluding hydrogens is 704 g/mol. The molecule has 3 aliphatic rings. The van der Waals surface area contributed by atoms with Gasteiger partial charge in [-0.25, -0.2) is 19.6 Å². The van der Waals surface area contributed by atoms with Gasteiger partial charge in [0, 0.05) is 32.2 Å². The molecule has 55 heavy (non-hydrogen) atoms. The van der Waals surface area contributed by atoms with Gasteiger partial charge in [0.2, 0.25) is 11.8 Å². The Hall–Kier alpha value is -5.70. The predicted octanol–water partition coefficient (Wildman–Crippen LogP) is 5.66. The number of carbonyl (C=O) groups is 4. The van der Waals surface area contributed by atoms with Crippen LogP contribution in [-0.2, 0) is 19.1 Å². The Labute approximate surface area is 319 Å². The zero-order valence-corrected chi connectivity index (χ0v) is 31.3. The van der Waals surface area contributed by atoms with Crippen molar-refractivity contribution in [1.82, 2.24) is 40.4 Å². The number of ether oxygens (including phenoxy) is 2. The van der Waals surface area contributed by atoms with Crippen molar-refractivity contribution >= 4 is 24.0 Å². The summed E-state index contributed by atoms with van der Waals surface area (Å²) in [5, 5.41) is 14.2. The van der Waals surface area contributed by atoms with Crippen LogP contribution in [0.5, 0.6) is 0 Å². The van der Waals surface area contributed by atoms with Gasteiger partial charge in [-0.05, 0) is 74.1 Å². The third-order valence-electron chi connectivity index (χ3n) is 11.3. The Kier molecular flexibility index (Phi) is 11.2. The van der Waals surface area contributed by atoms with Crippen LogP contribution in [0.2, 0.25) is 0 Å². The number of alkyl carbamates (subject to hydrolysis) is 1. The quantitative estimate of drug-likeness (QED) is 0.129. The number of carboxylic acid groups (broad SMARTS) is 1. The molecule has 2 aromatic carbocycles. The Morgan fingerprint density at radius 1 is 0.782 bits per heavy atom. The molecule has 4 aromatic rings. The van der Waals surface area contributed by atoms with Crippen LogP contribution >= 0.6 is 0 Å². The number of amides is 4. The van der Waals surface area contributed by atoms with Crippen LogP contribution in [0.25, 0.3) is 33.6 Å². The monoisotopic (exact) mass is 752 g/mol. The third-order valence-corrected chi connectivity index (χ3v) is 11.3. The average Bonchev–Trinajstić information content (AvgIpc) is 4.05. The summed E-state index contributed by atoms with van der Waals surface area (Å²) in [6, 6.07) is 15.0. The molecule has 1 saturated carbocycles. The van der Waals surface area contributed by atoms with Gasteiger partial charge in [0.05, 0.1) is 49.1 Å². The Bertz CT molecular complexity index is 1990. The summed E-state index contributed by atoms with van der Waals surface area (Å²) in [4.78, 5) is 70.0. The number of nitrogens with zero attached hydrogens (tertiary/aromatic N) is 4. The topological polar surface area (TPSA) is 195 Å². The Balaban J connectivity index is 0.983. The largest absolute Gasteiger partial charge is 0.465 e. The molecule has 4 heterocycles. The smallest absolute Gasteiger partial charge is 0.407 e. The first kappa shape index (κ1) is 37.6. The van der Waals surface area contributed by atoms with Crippen LogP contribution < -0.4 is 10.6 Å². The van der Waals surface area contributed by atoms with E-state index < -0.39 is 24.3 Å². The van der Waals surface area contributed by atoms with Gasteiger partial charge in [0.1, 0.15) is 17.7 Å². The number of nitrogens with one attached hydrogen (secondary N) is 4. The Morgan fingerprint density at radius 3 is 1.84 bits per heavy atom. The number of imidazole rings is 2. The lowest BCUT2D eigenvalue weighted by Crippen LogP contribution is -2.54. The van der Waals surface area contributed by atoms with Crippen molar-refractivity contribution in [2.75, 3.05) is 27.3 Å². The summed E-state index contributed by atoms with van der Waals surface area (Å²) < 4.78 is 10.1. The van der Waals surface area contributed by atoms with Crippen LogP contribution in [0.1, 0.15) is 75.6 Å². The van der Waals surface area contributed by atoms with E-state index in [9.17, 15) is 19.2 Å². The standard InChI is InChI=1S/C40H48N8O7/c1-23(54-2)34(46-40(53)55-3)38(50)48-19-5-7-33(48)36-42-22-31(45-36)27-14-10-25(11-15-27)24-8-12-26(13-9-24)30-21-41-35(44-30)32-6-4-18-47(32)37(49)28-16-17-29(20-28)43-39(51)52/h8-15,21-23,28-29,32-34,43H,4-7,16-20H2,1-3H3,(H,41,44)(H,42,45)(H,46,53)(H,51,52)/t23?,28-,29+,32-,33-,34-/m0/s1. The summed E-state index contributed by atoms with van der Waals surface area (Å²) in [5.41, 5.74) is 5.77. The number of aromatic amines is 2. The lowest BCUT2D eigenvalue weighted by molar-refractivity contribution is -0.138. The van der Waals surface area contributed by atoms with Gasteiger partial charge < -0.3 is 45.0 Å². The van der Waals surface area contributed by atoms with E-state index in [2.05, 4.69) is 67.0 Å². The molecule has 6 atom stereocenters.